The summed E-state index contributed by atoms with van der Waals surface area (Å²) in [5.41, 5.74) is 0. The molecule has 1 fully saturated rings. The van der Waals surface area contributed by atoms with Crippen molar-refractivity contribution < 1.29 is 13.2 Å². The molecule has 1 aliphatic heterocycles. The molecule has 0 saturated carbocycles. The molecule has 0 aliphatic carbocycles. The van der Waals surface area contributed by atoms with Crippen molar-refractivity contribution in [2.75, 3.05) is 24.2 Å². The second kappa shape index (κ2) is 6.71. The second-order valence-electron chi connectivity index (χ2n) is 5.20. The van der Waals surface area contributed by atoms with E-state index in [2.05, 4.69) is 10.3 Å². The van der Waals surface area contributed by atoms with Gasteiger partial charge in [-0.05, 0) is 25.2 Å². The quantitative estimate of drug-likeness (QED) is 0.865. The average Bonchev–Trinajstić information content (AvgIpc) is 2.84. The van der Waals surface area contributed by atoms with Gasteiger partial charge < -0.3 is 4.90 Å². The molecule has 1 aromatic heterocycles. The number of aryl methyl sites for hydroxylation is 1. The van der Waals surface area contributed by atoms with E-state index >= 15 is 0 Å². The van der Waals surface area contributed by atoms with Crippen molar-refractivity contribution in [3.8, 4) is 0 Å². The first kappa shape index (κ1) is 16.2. The molecule has 1 aliphatic rings. The van der Waals surface area contributed by atoms with Gasteiger partial charge in [0.1, 0.15) is 0 Å². The van der Waals surface area contributed by atoms with Gasteiger partial charge in [-0.25, -0.2) is 23.3 Å². The third-order valence-electron chi connectivity index (χ3n) is 3.39. The first-order chi connectivity index (χ1) is 9.87. The van der Waals surface area contributed by atoms with Gasteiger partial charge >= 0.3 is 6.03 Å². The highest BCUT2D eigenvalue weighted by atomic mass is 32.2. The lowest BCUT2D eigenvalue weighted by Crippen LogP contribution is -2.44. The molecule has 2 rings (SSSR count). The monoisotopic (exact) mass is 332 g/mol. The number of urea groups is 1. The van der Waals surface area contributed by atoms with Crippen molar-refractivity contribution in [2.24, 2.45) is 11.1 Å². The highest BCUT2D eigenvalue weighted by Gasteiger charge is 2.26. The third kappa shape index (κ3) is 4.94. The number of primary sulfonamides is 1. The molecule has 0 bridgehead atoms. The van der Waals surface area contributed by atoms with E-state index < -0.39 is 10.0 Å². The molecule has 0 aromatic carbocycles. The zero-order valence-electron chi connectivity index (χ0n) is 11.9. The number of amides is 2. The minimum absolute atomic E-state index is 0.0754. The highest BCUT2D eigenvalue weighted by molar-refractivity contribution is 7.89. The summed E-state index contributed by atoms with van der Waals surface area (Å²) < 4.78 is 22.3. The molecule has 7 nitrogen and oxygen atoms in total. The normalized spacial score (nSPS) is 19.5. The Balaban J connectivity index is 1.92. The summed E-state index contributed by atoms with van der Waals surface area (Å²) in [5.74, 6) is -0.171. The fraction of sp³-hybridized carbons (Fsp3) is 0.667. The van der Waals surface area contributed by atoms with E-state index in [0.717, 1.165) is 24.1 Å². The third-order valence-corrected chi connectivity index (χ3v) is 5.38. The molecule has 0 unspecified atom stereocenters. The maximum atomic E-state index is 12.2. The van der Waals surface area contributed by atoms with Crippen LogP contribution in [0.25, 0.3) is 0 Å². The van der Waals surface area contributed by atoms with Crippen LogP contribution in [0.15, 0.2) is 6.20 Å². The Morgan fingerprint density at radius 2 is 2.38 bits per heavy atom. The number of hydrogen-bond acceptors (Lipinski definition) is 5. The Morgan fingerprint density at radius 3 is 3.00 bits per heavy atom. The largest absolute Gasteiger partial charge is 0.324 e. The molecule has 2 heterocycles. The number of nitrogens with two attached hydrogens (primary N) is 1. The Hall–Kier alpha value is -1.19. The van der Waals surface area contributed by atoms with Crippen LogP contribution in [0.5, 0.6) is 0 Å². The number of hydrogen-bond donors (Lipinski definition) is 2. The molecule has 1 atom stereocenters. The number of rotatable bonds is 4. The zero-order valence-corrected chi connectivity index (χ0v) is 13.5. The number of anilines is 1. The van der Waals surface area contributed by atoms with E-state index in [0.29, 0.717) is 18.2 Å². The molecule has 9 heteroatoms. The number of nitrogens with zero attached hydrogens (tertiary/aromatic N) is 2. The number of likely N-dealkylation sites (tertiary alicyclic amines) is 1. The smallest absolute Gasteiger partial charge is 0.323 e. The number of carbonyl (C=O) groups is 1. The lowest BCUT2D eigenvalue weighted by Gasteiger charge is -2.32. The first-order valence-corrected chi connectivity index (χ1v) is 9.41. The maximum Gasteiger partial charge on any atom is 0.323 e. The Kier molecular flexibility index (Phi) is 5.17. The van der Waals surface area contributed by atoms with Gasteiger partial charge in [-0.3, -0.25) is 5.32 Å². The summed E-state index contributed by atoms with van der Waals surface area (Å²) in [6.45, 7) is 3.06. The summed E-state index contributed by atoms with van der Waals surface area (Å²) in [6, 6.07) is -0.230. The van der Waals surface area contributed by atoms with Crippen LogP contribution in [0.1, 0.15) is 24.6 Å². The standard InChI is InChI=1S/C12H20N4O3S2/c1-2-10-6-14-11(20-10)15-12(17)16-5-3-4-9(7-16)8-21(13,18)19/h6,9H,2-5,7-8H2,1H3,(H2,13,18,19)(H,14,15,17)/t9-/m1/s1. The predicted octanol–water partition coefficient (Wildman–Crippen LogP) is 1.24. The fourth-order valence-electron chi connectivity index (χ4n) is 2.41. The molecule has 0 radical (unpaired) electrons. The van der Waals surface area contributed by atoms with Gasteiger partial charge in [0.2, 0.25) is 10.0 Å². The minimum atomic E-state index is -3.50. The lowest BCUT2D eigenvalue weighted by molar-refractivity contribution is 0.183. The van der Waals surface area contributed by atoms with Crippen LogP contribution < -0.4 is 10.5 Å². The fourth-order valence-corrected chi connectivity index (χ4v) is 4.08. The SMILES string of the molecule is CCc1cnc(NC(=O)N2CCC[C@@H](CS(N)(=O)=O)C2)s1. The summed E-state index contributed by atoms with van der Waals surface area (Å²) in [4.78, 5) is 19.1. The Labute approximate surface area is 128 Å². The van der Waals surface area contributed by atoms with Crippen LogP contribution in [0.4, 0.5) is 9.93 Å². The zero-order chi connectivity index (χ0) is 15.5. The molecule has 1 aromatic rings. The Bertz CT molecular complexity index is 599. The molecule has 1 saturated heterocycles. The van der Waals surface area contributed by atoms with E-state index in [9.17, 15) is 13.2 Å². The van der Waals surface area contributed by atoms with Crippen LogP contribution >= 0.6 is 11.3 Å². The molecular weight excluding hydrogens is 312 g/mol. The predicted molar refractivity (Wildman–Crippen MR) is 82.8 cm³/mol. The molecule has 21 heavy (non-hydrogen) atoms. The van der Waals surface area contributed by atoms with Crippen LogP contribution in [0, 0.1) is 5.92 Å². The number of thiazole rings is 1. The number of piperidine rings is 1. The van der Waals surface area contributed by atoms with Gasteiger partial charge in [-0.15, -0.1) is 11.3 Å². The van der Waals surface area contributed by atoms with E-state index in [-0.39, 0.29) is 17.7 Å². The topological polar surface area (TPSA) is 105 Å². The van der Waals surface area contributed by atoms with Gasteiger partial charge in [0.25, 0.3) is 0 Å². The van der Waals surface area contributed by atoms with Gasteiger partial charge in [-0.2, -0.15) is 0 Å². The van der Waals surface area contributed by atoms with Crippen molar-refractivity contribution in [1.82, 2.24) is 9.88 Å². The average molecular weight is 332 g/mol. The summed E-state index contributed by atoms with van der Waals surface area (Å²) in [7, 11) is -3.50. The van der Waals surface area contributed by atoms with Crippen LogP contribution in [0.3, 0.4) is 0 Å². The number of carbonyl (C=O) groups excluding carboxylic acids is 1. The number of nitrogens with one attached hydrogen (secondary N) is 1. The summed E-state index contributed by atoms with van der Waals surface area (Å²) >= 11 is 1.45. The van der Waals surface area contributed by atoms with Crippen molar-refractivity contribution in [1.29, 1.82) is 0 Å². The second-order valence-corrected chi connectivity index (χ2v) is 7.97. The van der Waals surface area contributed by atoms with Crippen molar-refractivity contribution in [3.63, 3.8) is 0 Å². The van der Waals surface area contributed by atoms with Gasteiger partial charge in [0.05, 0.1) is 5.75 Å². The molecular formula is C12H20N4O3S2. The van der Waals surface area contributed by atoms with Gasteiger partial charge in [0.15, 0.2) is 5.13 Å². The van der Waals surface area contributed by atoms with Crippen LogP contribution in [0.2, 0.25) is 0 Å². The summed E-state index contributed by atoms with van der Waals surface area (Å²) in [5, 5.41) is 8.41. The van der Waals surface area contributed by atoms with Crippen molar-refractivity contribution >= 4 is 32.5 Å². The first-order valence-electron chi connectivity index (χ1n) is 6.88. The highest BCUT2D eigenvalue weighted by Crippen LogP contribution is 2.21. The molecule has 0 spiro atoms. The Morgan fingerprint density at radius 1 is 1.62 bits per heavy atom. The van der Waals surface area contributed by atoms with E-state index in [1.54, 1.807) is 11.1 Å². The molecule has 118 valence electrons. The van der Waals surface area contributed by atoms with E-state index in [4.69, 9.17) is 5.14 Å². The summed E-state index contributed by atoms with van der Waals surface area (Å²) in [6.07, 6.45) is 4.19. The number of sulfonamides is 1. The minimum Gasteiger partial charge on any atom is -0.324 e. The lowest BCUT2D eigenvalue weighted by atomic mass is 10.0. The van der Waals surface area contributed by atoms with Crippen molar-refractivity contribution in [3.05, 3.63) is 11.1 Å². The van der Waals surface area contributed by atoms with Crippen LogP contribution in [-0.2, 0) is 16.4 Å². The number of aromatic nitrogens is 1. The van der Waals surface area contributed by atoms with Gasteiger partial charge in [0, 0.05) is 24.2 Å². The van der Waals surface area contributed by atoms with Gasteiger partial charge in [-0.1, -0.05) is 6.92 Å². The van der Waals surface area contributed by atoms with E-state index in [1.165, 1.54) is 11.3 Å². The maximum absolute atomic E-state index is 12.2. The molecule has 3 N–H and O–H groups in total. The van der Waals surface area contributed by atoms with Crippen molar-refractivity contribution in [2.45, 2.75) is 26.2 Å². The van der Waals surface area contributed by atoms with Crippen LogP contribution in [-0.4, -0.2) is 43.2 Å². The molecule has 2 amide bonds. The van der Waals surface area contributed by atoms with E-state index in [1.807, 2.05) is 6.92 Å².